The summed E-state index contributed by atoms with van der Waals surface area (Å²) in [5.41, 5.74) is 5.12. The van der Waals surface area contributed by atoms with Gasteiger partial charge >= 0.3 is 29.6 Å². The van der Waals surface area contributed by atoms with Crippen molar-refractivity contribution < 1.29 is 43.9 Å². The van der Waals surface area contributed by atoms with E-state index in [0.717, 1.165) is 37.8 Å². The van der Waals surface area contributed by atoms with Crippen LogP contribution in [0.25, 0.3) is 0 Å². The van der Waals surface area contributed by atoms with Crippen LogP contribution >= 0.6 is 0 Å². The summed E-state index contributed by atoms with van der Waals surface area (Å²) < 4.78 is 0. The second kappa shape index (κ2) is 20.1. The summed E-state index contributed by atoms with van der Waals surface area (Å²) in [4.78, 5) is 32.2. The van der Waals surface area contributed by atoms with Crippen molar-refractivity contribution in [2.24, 2.45) is 5.73 Å². The van der Waals surface area contributed by atoms with Crippen LogP contribution in [-0.2, 0) is 14.4 Å². The van der Waals surface area contributed by atoms with E-state index >= 15 is 0 Å². The molecule has 120 valence electrons. The van der Waals surface area contributed by atoms with Crippen molar-refractivity contribution >= 4 is 18.2 Å². The largest absolute Gasteiger partial charge is 1.00 e. The molecule has 0 unspecified atom stereocenters. The molecular weight excluding hydrogens is 293 g/mol. The van der Waals surface area contributed by atoms with Crippen LogP contribution in [0, 0.1) is 6.58 Å². The van der Waals surface area contributed by atoms with Gasteiger partial charge in [-0.1, -0.05) is 32.8 Å². The summed E-state index contributed by atoms with van der Waals surface area (Å²) in [6.45, 7) is 10.6. The maximum Gasteiger partial charge on any atom is 1.00 e. The van der Waals surface area contributed by atoms with Gasteiger partial charge in [-0.2, -0.15) is 11.6 Å². The Morgan fingerprint density at radius 3 is 2.27 bits per heavy atom. The van der Waals surface area contributed by atoms with E-state index in [-0.39, 0.29) is 41.0 Å². The minimum Gasteiger partial charge on any atom is -0.460 e. The van der Waals surface area contributed by atoms with E-state index in [1.165, 1.54) is 6.41 Å². The molecule has 0 spiro atoms. The van der Waals surface area contributed by atoms with Crippen LogP contribution in [0.4, 0.5) is 0 Å². The van der Waals surface area contributed by atoms with Crippen LogP contribution in [-0.4, -0.2) is 31.3 Å². The second-order valence-electron chi connectivity index (χ2n) is 3.84. The summed E-state index contributed by atoms with van der Waals surface area (Å²) in [7, 11) is 0. The van der Waals surface area contributed by atoms with Gasteiger partial charge in [0.05, 0.1) is 12.3 Å². The molecule has 3 amide bonds. The van der Waals surface area contributed by atoms with Crippen molar-refractivity contribution in [1.29, 1.82) is 0 Å². The number of imide groups is 1. The number of unbranched alkanes of at least 4 members (excludes halogenated alkanes) is 3. The van der Waals surface area contributed by atoms with E-state index in [4.69, 9.17) is 12.3 Å². The standard InChI is InChI=1S/C13H19N3O3.C2H6.Na/c1-11(13(19)16-10-17)6-7-12(18)15-9-5-3-2-4-8-14;1-2;/h1,6-7H,2-5,8-9,14H2,(H,15,18)(H,16,17,19);1-2H3;/q-2;;+1/b7-6+;;. The van der Waals surface area contributed by atoms with Crippen molar-refractivity contribution in [2.75, 3.05) is 13.1 Å². The van der Waals surface area contributed by atoms with Crippen molar-refractivity contribution in [3.63, 3.8) is 0 Å². The topological polar surface area (TPSA) is 101 Å². The molecule has 0 aromatic carbocycles. The summed E-state index contributed by atoms with van der Waals surface area (Å²) in [6, 6.07) is 0. The molecular formula is C15H25N3NaO3-. The molecule has 0 rings (SSSR count). The van der Waals surface area contributed by atoms with Gasteiger partial charge < -0.3 is 26.0 Å². The van der Waals surface area contributed by atoms with Crippen LogP contribution in [0.3, 0.4) is 0 Å². The van der Waals surface area contributed by atoms with Gasteiger partial charge in [0, 0.05) is 6.54 Å². The van der Waals surface area contributed by atoms with Gasteiger partial charge in [0.15, 0.2) is 0 Å². The SMILES string of the molecule is CC.[CH-]=C(/C=C/C(=O)NCCCCCCN)C(=O)N[C-]=O.[Na+]. The average molecular weight is 318 g/mol. The monoisotopic (exact) mass is 318 g/mol. The van der Waals surface area contributed by atoms with Crippen molar-refractivity contribution in [3.8, 4) is 0 Å². The normalized spacial score (nSPS) is 9.05. The molecule has 0 atom stereocenters. The number of carbonyl (C=O) groups excluding carboxylic acids is 3. The van der Waals surface area contributed by atoms with Gasteiger partial charge in [0.1, 0.15) is 0 Å². The Labute approximate surface area is 155 Å². The Kier molecular flexibility index (Phi) is 23.7. The third-order valence-corrected chi connectivity index (χ3v) is 2.27. The fourth-order valence-electron chi connectivity index (χ4n) is 1.25. The van der Waals surface area contributed by atoms with E-state index in [1.807, 2.05) is 13.8 Å². The zero-order valence-corrected chi connectivity index (χ0v) is 15.8. The van der Waals surface area contributed by atoms with Crippen molar-refractivity contribution in [2.45, 2.75) is 39.5 Å². The zero-order valence-electron chi connectivity index (χ0n) is 13.8. The van der Waals surface area contributed by atoms with E-state index in [9.17, 15) is 14.4 Å². The van der Waals surface area contributed by atoms with Crippen LogP contribution in [0.5, 0.6) is 0 Å². The summed E-state index contributed by atoms with van der Waals surface area (Å²) in [5.74, 6) is -1.13. The molecule has 0 heterocycles. The Morgan fingerprint density at radius 2 is 1.73 bits per heavy atom. The first-order valence-corrected chi connectivity index (χ1v) is 7.07. The Balaban J connectivity index is -0.00000115. The molecule has 0 saturated carbocycles. The first-order chi connectivity index (χ1) is 10.1. The number of nitrogens with two attached hydrogens (primary N) is 1. The number of hydrogen-bond acceptors (Lipinski definition) is 4. The first-order valence-electron chi connectivity index (χ1n) is 7.07. The molecule has 0 radical (unpaired) electrons. The number of rotatable bonds is 10. The van der Waals surface area contributed by atoms with E-state index in [2.05, 4.69) is 5.32 Å². The summed E-state index contributed by atoms with van der Waals surface area (Å²) >= 11 is 0. The third kappa shape index (κ3) is 17.1. The first kappa shape index (κ1) is 26.0. The molecule has 0 aliphatic rings. The molecule has 6 nitrogen and oxygen atoms in total. The molecule has 0 bridgehead atoms. The van der Waals surface area contributed by atoms with Gasteiger partial charge in [0.2, 0.25) is 5.91 Å². The fourth-order valence-corrected chi connectivity index (χ4v) is 1.25. The van der Waals surface area contributed by atoms with Gasteiger partial charge in [-0.3, -0.25) is 4.79 Å². The van der Waals surface area contributed by atoms with Gasteiger partial charge in [0.25, 0.3) is 0 Å². The number of carbonyl (C=O) groups is 2. The van der Waals surface area contributed by atoms with Crippen LogP contribution < -0.4 is 45.9 Å². The quantitative estimate of drug-likeness (QED) is 0.106. The molecule has 0 aliphatic carbocycles. The van der Waals surface area contributed by atoms with Crippen LogP contribution in [0.15, 0.2) is 17.7 Å². The van der Waals surface area contributed by atoms with E-state index in [1.54, 1.807) is 5.32 Å². The molecule has 0 aliphatic heterocycles. The summed E-state index contributed by atoms with van der Waals surface area (Å²) in [5, 5.41) is 4.39. The maximum atomic E-state index is 11.3. The molecule has 22 heavy (non-hydrogen) atoms. The Morgan fingerprint density at radius 1 is 1.14 bits per heavy atom. The fraction of sp³-hybridized carbons (Fsp3) is 0.533. The Bertz CT molecular complexity index is 358. The van der Waals surface area contributed by atoms with Gasteiger partial charge in [-0.05, 0) is 19.4 Å². The second-order valence-corrected chi connectivity index (χ2v) is 3.84. The van der Waals surface area contributed by atoms with E-state index in [0.29, 0.717) is 13.1 Å². The molecule has 7 heteroatoms. The Hall–Kier alpha value is -0.950. The molecule has 0 aromatic heterocycles. The van der Waals surface area contributed by atoms with Crippen molar-refractivity contribution in [3.05, 3.63) is 24.3 Å². The van der Waals surface area contributed by atoms with Gasteiger partial charge in [-0.15, -0.1) is 0 Å². The summed E-state index contributed by atoms with van der Waals surface area (Å²) in [6.07, 6.45) is 7.39. The van der Waals surface area contributed by atoms with Gasteiger partial charge in [-0.25, -0.2) is 6.58 Å². The number of nitrogens with one attached hydrogen (secondary N) is 2. The van der Waals surface area contributed by atoms with Crippen LogP contribution in [0.1, 0.15) is 39.5 Å². The minimum absolute atomic E-state index is 0. The molecule has 4 N–H and O–H groups in total. The molecule has 0 saturated heterocycles. The zero-order chi connectivity index (χ0) is 16.5. The minimum atomic E-state index is -0.791. The predicted octanol–water partition coefficient (Wildman–Crippen LogP) is -2.25. The average Bonchev–Trinajstić information content (AvgIpc) is 2.50. The smallest absolute Gasteiger partial charge is 0.460 e. The van der Waals surface area contributed by atoms with E-state index < -0.39 is 5.91 Å². The number of hydrogen-bond donors (Lipinski definition) is 3. The van der Waals surface area contributed by atoms with Crippen LogP contribution in [0.2, 0.25) is 0 Å². The molecule has 0 aromatic rings. The maximum absolute atomic E-state index is 11.3. The van der Waals surface area contributed by atoms with Crippen molar-refractivity contribution in [1.82, 2.24) is 10.6 Å². The predicted molar refractivity (Wildman–Crippen MR) is 82.7 cm³/mol. The number of amides is 3. The molecule has 0 fully saturated rings. The third-order valence-electron chi connectivity index (χ3n) is 2.27.